The average Bonchev–Trinajstić information content (AvgIpc) is 3.40. The van der Waals surface area contributed by atoms with Crippen molar-refractivity contribution in [2.24, 2.45) is 0 Å². The van der Waals surface area contributed by atoms with Gasteiger partial charge in [-0.2, -0.15) is 0 Å². The number of benzene rings is 1. The Kier molecular flexibility index (Phi) is 5.71. The highest BCUT2D eigenvalue weighted by molar-refractivity contribution is 9.10. The number of aromatic nitrogens is 2. The van der Waals surface area contributed by atoms with Crippen molar-refractivity contribution in [2.75, 3.05) is 0 Å². The van der Waals surface area contributed by atoms with E-state index in [2.05, 4.69) is 36.1 Å². The highest BCUT2D eigenvalue weighted by Gasteiger charge is 2.41. The molecule has 0 saturated carbocycles. The number of nitrogens with zero attached hydrogens (tertiary/aromatic N) is 3. The lowest BCUT2D eigenvalue weighted by atomic mass is 10.0. The summed E-state index contributed by atoms with van der Waals surface area (Å²) in [5.41, 5.74) is 2.74. The van der Waals surface area contributed by atoms with Crippen LogP contribution in [-0.4, -0.2) is 20.0 Å². The van der Waals surface area contributed by atoms with E-state index in [1.165, 1.54) is 12.1 Å². The van der Waals surface area contributed by atoms with E-state index in [0.29, 0.717) is 21.9 Å². The number of thiocarbonyl (C=S) groups is 1. The summed E-state index contributed by atoms with van der Waals surface area (Å²) in [6.45, 7) is 0.596. The van der Waals surface area contributed by atoms with Gasteiger partial charge in [0.25, 0.3) is 0 Å². The van der Waals surface area contributed by atoms with Crippen LogP contribution in [0.3, 0.4) is 0 Å². The highest BCUT2D eigenvalue weighted by atomic mass is 79.9. The largest absolute Gasteiger partial charge is 0.459 e. The van der Waals surface area contributed by atoms with Crippen molar-refractivity contribution in [1.29, 1.82) is 0 Å². The lowest BCUT2D eigenvalue weighted by Crippen LogP contribution is -2.29. The average molecular weight is 509 g/mol. The molecule has 32 heavy (non-hydrogen) atoms. The standard InChI is InChI=1S/C24H18BrFN4OS/c25-18-13-16(26)4-5-17(18)20-6-7-21(31-20)23-22(19-3-1-2-10-28-19)29-24(32)30(23)14-15-8-11-27-12-9-15/h1-13,22-23H,14H2,(H,29,32). The first-order valence-electron chi connectivity index (χ1n) is 10.0. The molecule has 0 bridgehead atoms. The van der Waals surface area contributed by atoms with Crippen molar-refractivity contribution in [3.8, 4) is 11.3 Å². The van der Waals surface area contributed by atoms with Crippen LogP contribution < -0.4 is 5.32 Å². The highest BCUT2D eigenvalue weighted by Crippen LogP contribution is 2.42. The maximum atomic E-state index is 13.6. The van der Waals surface area contributed by atoms with Crippen molar-refractivity contribution in [3.63, 3.8) is 0 Å². The second-order valence-electron chi connectivity index (χ2n) is 7.44. The summed E-state index contributed by atoms with van der Waals surface area (Å²) in [7, 11) is 0. The molecule has 1 aromatic carbocycles. The summed E-state index contributed by atoms with van der Waals surface area (Å²) in [6.07, 6.45) is 5.31. The fourth-order valence-corrected chi connectivity index (χ4v) is 4.77. The zero-order valence-electron chi connectivity index (χ0n) is 16.8. The van der Waals surface area contributed by atoms with E-state index < -0.39 is 0 Å². The first kappa shape index (κ1) is 20.8. The van der Waals surface area contributed by atoms with Crippen molar-refractivity contribution in [1.82, 2.24) is 20.2 Å². The third kappa shape index (κ3) is 4.03. The van der Waals surface area contributed by atoms with Crippen LogP contribution in [0.2, 0.25) is 0 Å². The Morgan fingerprint density at radius 1 is 1.06 bits per heavy atom. The second-order valence-corrected chi connectivity index (χ2v) is 8.68. The van der Waals surface area contributed by atoms with Gasteiger partial charge in [0.05, 0.1) is 11.7 Å². The van der Waals surface area contributed by atoms with Gasteiger partial charge in [0.2, 0.25) is 0 Å². The molecule has 5 nitrogen and oxygen atoms in total. The Morgan fingerprint density at radius 3 is 2.66 bits per heavy atom. The number of rotatable bonds is 5. The SMILES string of the molecule is Fc1ccc(-c2ccc(C3C(c4ccccn4)NC(=S)N3Cc3ccncc3)o2)c(Br)c1. The summed E-state index contributed by atoms with van der Waals surface area (Å²) in [5.74, 6) is 1.08. The number of furan rings is 1. The molecule has 0 aliphatic carbocycles. The third-order valence-corrected chi connectivity index (χ3v) is 6.42. The lowest BCUT2D eigenvalue weighted by molar-refractivity contribution is 0.269. The first-order chi connectivity index (χ1) is 15.6. The molecule has 0 radical (unpaired) electrons. The van der Waals surface area contributed by atoms with Crippen LogP contribution >= 0.6 is 28.1 Å². The predicted octanol–water partition coefficient (Wildman–Crippen LogP) is 5.81. The molecule has 1 aliphatic rings. The zero-order chi connectivity index (χ0) is 22.1. The van der Waals surface area contributed by atoms with Gasteiger partial charge >= 0.3 is 0 Å². The molecule has 1 saturated heterocycles. The monoisotopic (exact) mass is 508 g/mol. The number of halogens is 2. The van der Waals surface area contributed by atoms with E-state index in [1.54, 1.807) is 24.7 Å². The number of pyridine rings is 2. The number of hydrogen-bond acceptors (Lipinski definition) is 4. The summed E-state index contributed by atoms with van der Waals surface area (Å²) in [5, 5.41) is 4.05. The molecule has 0 spiro atoms. The normalized spacial score (nSPS) is 18.1. The van der Waals surface area contributed by atoms with Crippen molar-refractivity contribution in [3.05, 3.63) is 107 Å². The van der Waals surface area contributed by atoms with E-state index in [0.717, 1.165) is 22.6 Å². The molecule has 1 fully saturated rings. The molecule has 5 rings (SSSR count). The van der Waals surface area contributed by atoms with Crippen molar-refractivity contribution >= 4 is 33.3 Å². The molecule has 2 unspecified atom stereocenters. The molecule has 2 atom stereocenters. The van der Waals surface area contributed by atoms with Crippen LogP contribution in [0.4, 0.5) is 4.39 Å². The van der Waals surface area contributed by atoms with Crippen LogP contribution in [0.1, 0.15) is 29.1 Å². The van der Waals surface area contributed by atoms with Gasteiger partial charge in [-0.15, -0.1) is 0 Å². The molecule has 0 amide bonds. The summed E-state index contributed by atoms with van der Waals surface area (Å²) >= 11 is 9.14. The minimum Gasteiger partial charge on any atom is -0.459 e. The lowest BCUT2D eigenvalue weighted by Gasteiger charge is -2.26. The minimum absolute atomic E-state index is 0.179. The quantitative estimate of drug-likeness (QED) is 0.343. The minimum atomic E-state index is -0.309. The molecule has 4 aromatic rings. The third-order valence-electron chi connectivity index (χ3n) is 5.41. The molecule has 160 valence electrons. The van der Waals surface area contributed by atoms with Crippen LogP contribution in [0, 0.1) is 5.82 Å². The van der Waals surface area contributed by atoms with Gasteiger partial charge in [0.1, 0.15) is 23.4 Å². The first-order valence-corrected chi connectivity index (χ1v) is 11.2. The maximum absolute atomic E-state index is 13.6. The summed E-state index contributed by atoms with van der Waals surface area (Å²) in [4.78, 5) is 10.8. The van der Waals surface area contributed by atoms with Crippen LogP contribution in [0.5, 0.6) is 0 Å². The molecule has 8 heteroatoms. The van der Waals surface area contributed by atoms with E-state index in [1.807, 2.05) is 42.5 Å². The topological polar surface area (TPSA) is 54.2 Å². The fraction of sp³-hybridized carbons (Fsp3) is 0.125. The van der Waals surface area contributed by atoms with Gasteiger partial charge in [-0.25, -0.2) is 4.39 Å². The van der Waals surface area contributed by atoms with Crippen molar-refractivity contribution < 1.29 is 8.81 Å². The molecule has 1 aliphatic heterocycles. The Balaban J connectivity index is 1.55. The summed E-state index contributed by atoms with van der Waals surface area (Å²) < 4.78 is 20.5. The van der Waals surface area contributed by atoms with Crippen LogP contribution in [0.25, 0.3) is 11.3 Å². The Labute approximate surface area is 198 Å². The van der Waals surface area contributed by atoms with Gasteiger partial charge in [0, 0.05) is 35.2 Å². The van der Waals surface area contributed by atoms with Gasteiger partial charge in [-0.3, -0.25) is 9.97 Å². The Morgan fingerprint density at radius 2 is 1.91 bits per heavy atom. The summed E-state index contributed by atoms with van der Waals surface area (Å²) in [6, 6.07) is 17.8. The Bertz CT molecular complexity index is 1250. The zero-order valence-corrected chi connectivity index (χ0v) is 19.2. The predicted molar refractivity (Wildman–Crippen MR) is 127 cm³/mol. The Hall–Kier alpha value is -3.10. The van der Waals surface area contributed by atoms with Gasteiger partial charge in [0.15, 0.2) is 5.11 Å². The molecule has 3 aromatic heterocycles. The second kappa shape index (κ2) is 8.80. The maximum Gasteiger partial charge on any atom is 0.170 e. The van der Waals surface area contributed by atoms with Gasteiger partial charge in [-0.05, 0) is 88.3 Å². The smallest absolute Gasteiger partial charge is 0.170 e. The molecular weight excluding hydrogens is 491 g/mol. The van der Waals surface area contributed by atoms with E-state index >= 15 is 0 Å². The molecular formula is C24H18BrFN4OS. The van der Waals surface area contributed by atoms with Crippen LogP contribution in [-0.2, 0) is 6.54 Å². The van der Waals surface area contributed by atoms with E-state index in [9.17, 15) is 4.39 Å². The van der Waals surface area contributed by atoms with E-state index in [-0.39, 0.29) is 17.9 Å². The number of hydrogen-bond donors (Lipinski definition) is 1. The number of nitrogens with one attached hydrogen (secondary N) is 1. The van der Waals surface area contributed by atoms with Crippen LogP contribution in [0.15, 0.2) is 88.1 Å². The molecule has 4 heterocycles. The fourth-order valence-electron chi connectivity index (χ4n) is 3.92. The van der Waals surface area contributed by atoms with Crippen molar-refractivity contribution in [2.45, 2.75) is 18.6 Å². The van der Waals surface area contributed by atoms with Gasteiger partial charge < -0.3 is 14.6 Å². The van der Waals surface area contributed by atoms with Gasteiger partial charge in [-0.1, -0.05) is 6.07 Å². The molecule has 1 N–H and O–H groups in total. The van der Waals surface area contributed by atoms with E-state index in [4.69, 9.17) is 16.6 Å².